The number of nitrogens with zero attached hydrogens (tertiary/aromatic N) is 2. The van der Waals surface area contributed by atoms with Crippen LogP contribution < -0.4 is 5.32 Å². The van der Waals surface area contributed by atoms with Crippen molar-refractivity contribution in [1.82, 2.24) is 4.90 Å². The molecule has 33 heavy (non-hydrogen) atoms. The van der Waals surface area contributed by atoms with E-state index in [2.05, 4.69) is 14.5 Å². The van der Waals surface area contributed by atoms with Gasteiger partial charge in [-0.05, 0) is 12.1 Å². The number of sulfonamides is 1. The number of hydrogen-bond donors (Lipinski definition) is 1. The molecule has 0 aliphatic heterocycles. The monoisotopic (exact) mass is 511 g/mol. The van der Waals surface area contributed by atoms with Gasteiger partial charge in [-0.1, -0.05) is 18.2 Å². The number of hydrogen-bond acceptors (Lipinski definition) is 6. The summed E-state index contributed by atoms with van der Waals surface area (Å²) in [7, 11) is -7.74. The molecule has 1 amide bonds. The third kappa shape index (κ3) is 6.19. The predicted octanol–water partition coefficient (Wildman–Crippen LogP) is 2.54. The molecule has 2 aromatic carbocycles. The second-order valence-electron chi connectivity index (χ2n) is 6.52. The summed E-state index contributed by atoms with van der Waals surface area (Å²) in [4.78, 5) is 8.59. The smallest absolute Gasteiger partial charge is 0.411 e. The van der Waals surface area contributed by atoms with Crippen LogP contribution in [-0.4, -0.2) is 60.6 Å². The minimum absolute atomic E-state index is 0.306. The molecule has 0 aliphatic rings. The number of sulfone groups is 1. The van der Waals surface area contributed by atoms with Gasteiger partial charge in [0.2, 0.25) is 0 Å². The molecule has 0 fully saturated rings. The highest BCUT2D eigenvalue weighted by molar-refractivity contribution is 7.91. The minimum atomic E-state index is -5.26. The molecule has 2 aromatic rings. The van der Waals surface area contributed by atoms with Gasteiger partial charge in [-0.2, -0.15) is 8.42 Å². The average molecular weight is 511 g/mol. The molecule has 15 heteroatoms. The van der Waals surface area contributed by atoms with Crippen molar-refractivity contribution in [3.8, 4) is 0 Å². The second kappa shape index (κ2) is 10.2. The third-order valence-corrected chi connectivity index (χ3v) is 6.70. The Morgan fingerprint density at radius 3 is 2.00 bits per heavy atom. The molecule has 0 saturated carbocycles. The molecule has 0 aromatic heterocycles. The Hall–Kier alpha value is -3.20. The van der Waals surface area contributed by atoms with Crippen LogP contribution in [0.4, 0.5) is 28.0 Å². The summed E-state index contributed by atoms with van der Waals surface area (Å²) >= 11 is 0. The molecule has 0 radical (unpaired) electrons. The minimum Gasteiger partial charge on any atom is -0.448 e. The van der Waals surface area contributed by atoms with Crippen LogP contribution in [0.1, 0.15) is 0 Å². The van der Waals surface area contributed by atoms with Crippen LogP contribution in [-0.2, 0) is 24.6 Å². The number of amides is 1. The number of halogens is 4. The lowest BCUT2D eigenvalue weighted by Gasteiger charge is -2.12. The molecule has 0 aliphatic carbocycles. The molecule has 1 N–H and O–H groups in total. The van der Waals surface area contributed by atoms with Crippen molar-refractivity contribution in [2.75, 3.05) is 31.8 Å². The van der Waals surface area contributed by atoms with E-state index < -0.39 is 71.4 Å². The largest absolute Gasteiger partial charge is 0.448 e. The molecule has 9 nitrogen and oxygen atoms in total. The van der Waals surface area contributed by atoms with Crippen molar-refractivity contribution >= 4 is 38.0 Å². The van der Waals surface area contributed by atoms with Crippen molar-refractivity contribution < 1.29 is 43.9 Å². The number of para-hydroxylation sites is 1. The van der Waals surface area contributed by atoms with Crippen LogP contribution in [0, 0.1) is 23.3 Å². The SMILES string of the molecule is CN(C)C=NS(=O)(=O)c1c(F)c(F)c(S(=O)(=O)CCOC(=O)Nc2ccccc2)c(F)c1F. The van der Waals surface area contributed by atoms with Gasteiger partial charge in [0.25, 0.3) is 10.0 Å². The molecule has 0 atom stereocenters. The summed E-state index contributed by atoms with van der Waals surface area (Å²) in [5.74, 6) is -11.1. The average Bonchev–Trinajstić information content (AvgIpc) is 2.71. The molecule has 0 saturated heterocycles. The Labute approximate surface area is 186 Å². The maximum atomic E-state index is 14.4. The van der Waals surface area contributed by atoms with Crippen LogP contribution in [0.25, 0.3) is 0 Å². The molecular weight excluding hydrogens is 494 g/mol. The van der Waals surface area contributed by atoms with Crippen LogP contribution in [0.5, 0.6) is 0 Å². The van der Waals surface area contributed by atoms with Crippen LogP contribution in [0.15, 0.2) is 44.5 Å². The zero-order valence-corrected chi connectivity index (χ0v) is 18.7. The van der Waals surface area contributed by atoms with E-state index in [1.165, 1.54) is 26.2 Å². The van der Waals surface area contributed by atoms with E-state index in [-0.39, 0.29) is 0 Å². The number of ether oxygens (including phenoxy) is 1. The van der Waals surface area contributed by atoms with Gasteiger partial charge in [0.15, 0.2) is 38.0 Å². The highest BCUT2D eigenvalue weighted by atomic mass is 32.2. The number of rotatable bonds is 8. The van der Waals surface area contributed by atoms with Crippen LogP contribution in [0.2, 0.25) is 0 Å². The maximum absolute atomic E-state index is 14.4. The Balaban J connectivity index is 2.29. The number of carbonyl (C=O) groups excluding carboxylic acids is 1. The summed E-state index contributed by atoms with van der Waals surface area (Å²) in [5, 5.41) is 2.25. The van der Waals surface area contributed by atoms with Gasteiger partial charge in [0.05, 0.1) is 5.75 Å². The quantitative estimate of drug-likeness (QED) is 0.250. The number of anilines is 1. The second-order valence-corrected chi connectivity index (χ2v) is 10.1. The normalized spacial score (nSPS) is 12.1. The Kier molecular flexibility index (Phi) is 8.02. The lowest BCUT2D eigenvalue weighted by molar-refractivity contribution is 0.168. The van der Waals surface area contributed by atoms with E-state index in [0.29, 0.717) is 12.0 Å². The van der Waals surface area contributed by atoms with Gasteiger partial charge in [-0.15, -0.1) is 4.40 Å². The molecule has 0 unspecified atom stereocenters. The van der Waals surface area contributed by atoms with Crippen LogP contribution in [0.3, 0.4) is 0 Å². The van der Waals surface area contributed by atoms with E-state index in [9.17, 15) is 39.2 Å². The summed E-state index contributed by atoms with van der Waals surface area (Å²) in [6, 6.07) is 7.82. The van der Waals surface area contributed by atoms with E-state index in [4.69, 9.17) is 0 Å². The standard InChI is InChI=1S/C18H17F4N3O6S2/c1-25(2)10-23-33(29,30)17-14(21)12(19)16(13(20)15(17)22)32(27,28)9-8-31-18(26)24-11-6-4-3-5-7-11/h3-7,10H,8-9H2,1-2H3,(H,24,26). The highest BCUT2D eigenvalue weighted by Crippen LogP contribution is 2.31. The van der Waals surface area contributed by atoms with E-state index in [0.717, 1.165) is 4.90 Å². The van der Waals surface area contributed by atoms with Crippen molar-refractivity contribution in [3.63, 3.8) is 0 Å². The van der Waals surface area contributed by atoms with Crippen molar-refractivity contribution in [1.29, 1.82) is 0 Å². The van der Waals surface area contributed by atoms with Gasteiger partial charge in [-0.3, -0.25) is 5.32 Å². The fourth-order valence-electron chi connectivity index (χ4n) is 2.32. The number of nitrogens with one attached hydrogen (secondary N) is 1. The summed E-state index contributed by atoms with van der Waals surface area (Å²) < 4.78 is 113. The van der Waals surface area contributed by atoms with Crippen LogP contribution >= 0.6 is 0 Å². The first-order valence-electron chi connectivity index (χ1n) is 8.82. The van der Waals surface area contributed by atoms with Crippen molar-refractivity contribution in [3.05, 3.63) is 53.6 Å². The van der Waals surface area contributed by atoms with E-state index in [1.807, 2.05) is 0 Å². The van der Waals surface area contributed by atoms with Gasteiger partial charge >= 0.3 is 6.09 Å². The third-order valence-electron chi connectivity index (χ3n) is 3.77. The summed E-state index contributed by atoms with van der Waals surface area (Å²) in [6.07, 6.45) is -0.498. The van der Waals surface area contributed by atoms with Gasteiger partial charge in [0, 0.05) is 19.8 Å². The Morgan fingerprint density at radius 2 is 1.48 bits per heavy atom. The molecule has 180 valence electrons. The van der Waals surface area contributed by atoms with Gasteiger partial charge < -0.3 is 9.64 Å². The Bertz CT molecular complexity index is 1250. The molecule has 0 bridgehead atoms. The first-order valence-corrected chi connectivity index (χ1v) is 11.9. The fraction of sp³-hybridized carbons (Fsp3) is 0.222. The number of benzene rings is 2. The molecule has 2 rings (SSSR count). The van der Waals surface area contributed by atoms with Gasteiger partial charge in [0.1, 0.15) is 17.8 Å². The summed E-state index contributed by atoms with van der Waals surface area (Å²) in [5.41, 5.74) is 0.306. The first-order chi connectivity index (χ1) is 15.3. The Morgan fingerprint density at radius 1 is 0.970 bits per heavy atom. The van der Waals surface area contributed by atoms with Crippen molar-refractivity contribution in [2.45, 2.75) is 9.79 Å². The first kappa shape index (κ1) is 26.1. The zero-order valence-electron chi connectivity index (χ0n) is 17.1. The molecule has 0 spiro atoms. The lowest BCUT2D eigenvalue weighted by Crippen LogP contribution is -2.22. The molecular formula is C18H17F4N3O6S2. The zero-order chi connectivity index (χ0) is 25.0. The number of carbonyl (C=O) groups is 1. The highest BCUT2D eigenvalue weighted by Gasteiger charge is 2.37. The van der Waals surface area contributed by atoms with E-state index in [1.54, 1.807) is 18.2 Å². The fourth-order valence-corrected chi connectivity index (χ4v) is 4.60. The maximum Gasteiger partial charge on any atom is 0.411 e. The van der Waals surface area contributed by atoms with E-state index >= 15 is 0 Å². The summed E-state index contributed by atoms with van der Waals surface area (Å²) in [6.45, 7) is -0.934. The van der Waals surface area contributed by atoms with Gasteiger partial charge in [-0.25, -0.2) is 30.8 Å². The molecule has 0 heterocycles. The lowest BCUT2D eigenvalue weighted by atomic mass is 10.3. The topological polar surface area (TPSA) is 122 Å². The predicted molar refractivity (Wildman–Crippen MR) is 109 cm³/mol. The van der Waals surface area contributed by atoms with Crippen molar-refractivity contribution in [2.24, 2.45) is 4.40 Å².